The summed E-state index contributed by atoms with van der Waals surface area (Å²) in [5.41, 5.74) is 0.998. The summed E-state index contributed by atoms with van der Waals surface area (Å²) in [4.78, 5) is 0. The third kappa shape index (κ3) is 5.25. The average Bonchev–Trinajstić information content (AvgIpc) is 2.28. The van der Waals surface area contributed by atoms with Crippen LogP contribution in [-0.4, -0.2) is 7.85 Å². The highest BCUT2D eigenvalue weighted by Crippen LogP contribution is 2.13. The van der Waals surface area contributed by atoms with Crippen LogP contribution in [-0.2, 0) is 4.74 Å². The zero-order valence-corrected chi connectivity index (χ0v) is 10.4. The van der Waals surface area contributed by atoms with Gasteiger partial charge >= 0.3 is 0 Å². The molecule has 0 saturated heterocycles. The van der Waals surface area contributed by atoms with Gasteiger partial charge in [-0.2, -0.15) is 0 Å². The van der Waals surface area contributed by atoms with Crippen LogP contribution in [0.15, 0.2) is 72.7 Å². The lowest BCUT2D eigenvalue weighted by atomic mass is 9.94. The van der Waals surface area contributed by atoms with Gasteiger partial charge in [-0.25, -0.2) is 0 Å². The zero-order chi connectivity index (χ0) is 12.4. The number of hydrogen-bond donors (Lipinski definition) is 0. The number of ether oxygens (including phenoxy) is 1. The van der Waals surface area contributed by atoms with Crippen molar-refractivity contribution in [1.82, 2.24) is 0 Å². The molecule has 0 rings (SSSR count). The second-order valence-electron chi connectivity index (χ2n) is 3.16. The SMILES string of the molecule is B/C(C=C)=C(/C=C\C)OC(/C=C\C)=C/C=C. The Labute approximate surface area is 99.6 Å². The molecule has 0 spiro atoms. The van der Waals surface area contributed by atoms with Crippen LogP contribution in [0, 0.1) is 0 Å². The average molecular weight is 214 g/mol. The van der Waals surface area contributed by atoms with Gasteiger partial charge in [-0.15, -0.1) is 0 Å². The lowest BCUT2D eigenvalue weighted by molar-refractivity contribution is 0.335. The number of rotatable bonds is 6. The van der Waals surface area contributed by atoms with Gasteiger partial charge in [-0.3, -0.25) is 0 Å². The highest BCUT2D eigenvalue weighted by molar-refractivity contribution is 6.23. The van der Waals surface area contributed by atoms with Gasteiger partial charge in [-0.05, 0) is 37.5 Å². The predicted molar refractivity (Wildman–Crippen MR) is 74.8 cm³/mol. The van der Waals surface area contributed by atoms with E-state index in [-0.39, 0.29) is 0 Å². The van der Waals surface area contributed by atoms with E-state index in [1.54, 1.807) is 12.2 Å². The zero-order valence-electron chi connectivity index (χ0n) is 10.4. The van der Waals surface area contributed by atoms with E-state index in [4.69, 9.17) is 4.74 Å². The first-order chi connectivity index (χ1) is 7.69. The molecular weight excluding hydrogens is 195 g/mol. The Morgan fingerprint density at radius 3 is 2.19 bits per heavy atom. The largest absolute Gasteiger partial charge is 0.458 e. The summed E-state index contributed by atoms with van der Waals surface area (Å²) in [7, 11) is 1.96. The van der Waals surface area contributed by atoms with Gasteiger partial charge in [0.1, 0.15) is 19.4 Å². The van der Waals surface area contributed by atoms with Crippen molar-refractivity contribution in [3.8, 4) is 0 Å². The summed E-state index contributed by atoms with van der Waals surface area (Å²) >= 11 is 0. The molecule has 0 aliphatic carbocycles. The van der Waals surface area contributed by atoms with Crippen molar-refractivity contribution >= 4 is 7.85 Å². The van der Waals surface area contributed by atoms with Gasteiger partial charge in [0.05, 0.1) is 0 Å². The second-order valence-corrected chi connectivity index (χ2v) is 3.16. The van der Waals surface area contributed by atoms with Crippen LogP contribution < -0.4 is 0 Å². The van der Waals surface area contributed by atoms with E-state index in [1.807, 2.05) is 52.1 Å². The standard InChI is InChI=1S/C14H19BO/c1-5-9-12(10-6-2)16-14(11-7-3)13(15)8-4/h5-11H,1,4,15H2,2-3H3/b10-6-,11-7-,12-9+,14-13-. The highest BCUT2D eigenvalue weighted by atomic mass is 16.5. The van der Waals surface area contributed by atoms with Crippen LogP contribution in [0.1, 0.15) is 13.8 Å². The van der Waals surface area contributed by atoms with Crippen molar-refractivity contribution in [1.29, 1.82) is 0 Å². The van der Waals surface area contributed by atoms with Crippen molar-refractivity contribution in [2.75, 3.05) is 0 Å². The van der Waals surface area contributed by atoms with E-state index in [9.17, 15) is 0 Å². The van der Waals surface area contributed by atoms with Crippen LogP contribution in [0.4, 0.5) is 0 Å². The monoisotopic (exact) mass is 214 g/mol. The van der Waals surface area contributed by atoms with Gasteiger partial charge in [0.25, 0.3) is 0 Å². The highest BCUT2D eigenvalue weighted by Gasteiger charge is 1.99. The minimum atomic E-state index is 0.756. The molecule has 0 N–H and O–H groups in total. The van der Waals surface area contributed by atoms with E-state index in [0.717, 1.165) is 17.0 Å². The van der Waals surface area contributed by atoms with Crippen molar-refractivity contribution in [2.45, 2.75) is 13.8 Å². The quantitative estimate of drug-likeness (QED) is 0.374. The maximum atomic E-state index is 5.75. The molecule has 0 radical (unpaired) electrons. The summed E-state index contributed by atoms with van der Waals surface area (Å²) in [5.74, 6) is 1.55. The lowest BCUT2D eigenvalue weighted by Gasteiger charge is -2.09. The molecule has 1 nitrogen and oxygen atoms in total. The van der Waals surface area contributed by atoms with Crippen molar-refractivity contribution in [3.05, 3.63) is 72.7 Å². The van der Waals surface area contributed by atoms with Gasteiger partial charge in [0, 0.05) is 0 Å². The fourth-order valence-corrected chi connectivity index (χ4v) is 1.03. The summed E-state index contributed by atoms with van der Waals surface area (Å²) < 4.78 is 5.75. The van der Waals surface area contributed by atoms with Gasteiger partial charge in [0.15, 0.2) is 0 Å². The third-order valence-electron chi connectivity index (χ3n) is 1.85. The summed E-state index contributed by atoms with van der Waals surface area (Å²) in [5, 5.41) is 0. The molecule has 0 heterocycles. The van der Waals surface area contributed by atoms with E-state index in [0.29, 0.717) is 0 Å². The van der Waals surface area contributed by atoms with Crippen molar-refractivity contribution in [2.24, 2.45) is 0 Å². The molecule has 0 unspecified atom stereocenters. The lowest BCUT2D eigenvalue weighted by Crippen LogP contribution is -1.93. The molecule has 0 fully saturated rings. The van der Waals surface area contributed by atoms with Crippen LogP contribution in [0.3, 0.4) is 0 Å². The molecule has 16 heavy (non-hydrogen) atoms. The molecule has 0 aromatic heterocycles. The summed E-state index contributed by atoms with van der Waals surface area (Å²) in [6.45, 7) is 11.3. The van der Waals surface area contributed by atoms with Crippen molar-refractivity contribution in [3.63, 3.8) is 0 Å². The number of allylic oxidation sites excluding steroid dienone is 8. The van der Waals surface area contributed by atoms with Crippen LogP contribution in [0.25, 0.3) is 0 Å². The first kappa shape index (κ1) is 14.3. The maximum Gasteiger partial charge on any atom is 0.144 e. The van der Waals surface area contributed by atoms with Gasteiger partial charge in [0.2, 0.25) is 0 Å². The maximum absolute atomic E-state index is 5.75. The minimum absolute atomic E-state index is 0.756. The predicted octanol–water partition coefficient (Wildman–Crippen LogP) is 3.26. The third-order valence-corrected chi connectivity index (χ3v) is 1.85. The molecule has 0 atom stereocenters. The van der Waals surface area contributed by atoms with E-state index in [2.05, 4.69) is 13.2 Å². The summed E-state index contributed by atoms with van der Waals surface area (Å²) in [6.07, 6.45) is 13.0. The molecule has 0 aliphatic rings. The Morgan fingerprint density at radius 1 is 1.12 bits per heavy atom. The minimum Gasteiger partial charge on any atom is -0.458 e. The fraction of sp³-hybridized carbons (Fsp3) is 0.143. The Kier molecular flexibility index (Phi) is 7.69. The molecular formula is C14H19BO. The van der Waals surface area contributed by atoms with Crippen molar-refractivity contribution < 1.29 is 4.74 Å². The topological polar surface area (TPSA) is 9.23 Å². The van der Waals surface area contributed by atoms with E-state index < -0.39 is 0 Å². The molecule has 84 valence electrons. The van der Waals surface area contributed by atoms with E-state index in [1.165, 1.54) is 0 Å². The number of hydrogen-bond acceptors (Lipinski definition) is 1. The van der Waals surface area contributed by atoms with Crippen LogP contribution in [0.5, 0.6) is 0 Å². The Bertz CT molecular complexity index is 357. The van der Waals surface area contributed by atoms with Crippen LogP contribution >= 0.6 is 0 Å². The Hall–Kier alpha value is -1.70. The molecule has 0 aromatic carbocycles. The molecule has 0 bridgehead atoms. The molecule has 2 heteroatoms. The van der Waals surface area contributed by atoms with E-state index >= 15 is 0 Å². The fourth-order valence-electron chi connectivity index (χ4n) is 1.03. The first-order valence-corrected chi connectivity index (χ1v) is 5.28. The summed E-state index contributed by atoms with van der Waals surface area (Å²) in [6, 6.07) is 0. The molecule has 0 saturated carbocycles. The van der Waals surface area contributed by atoms with Crippen LogP contribution in [0.2, 0.25) is 0 Å². The smallest absolute Gasteiger partial charge is 0.144 e. The first-order valence-electron chi connectivity index (χ1n) is 5.28. The van der Waals surface area contributed by atoms with Gasteiger partial charge < -0.3 is 4.74 Å². The molecule has 0 aromatic rings. The Morgan fingerprint density at radius 2 is 1.75 bits per heavy atom. The Balaban J connectivity index is 5.07. The second kappa shape index (κ2) is 8.60. The normalized spacial score (nSPS) is 14.0. The molecule has 0 amide bonds. The molecule has 0 aliphatic heterocycles. The van der Waals surface area contributed by atoms with Gasteiger partial charge in [-0.1, -0.05) is 37.5 Å².